The van der Waals surface area contributed by atoms with E-state index in [1.165, 1.54) is 30.9 Å². The van der Waals surface area contributed by atoms with Crippen molar-refractivity contribution >= 4 is 39.3 Å². The molecule has 1 aliphatic rings. The molecule has 3 rings (SSSR count). The molecule has 2 aromatic rings. The van der Waals surface area contributed by atoms with Crippen LogP contribution in [-0.2, 0) is 14.8 Å². The van der Waals surface area contributed by atoms with E-state index in [4.69, 9.17) is 0 Å². The first kappa shape index (κ1) is 23.3. The number of nitrogens with zero attached hydrogens (tertiary/aromatic N) is 2. The molecule has 0 spiro atoms. The lowest BCUT2D eigenvalue weighted by Crippen LogP contribution is -2.35. The summed E-state index contributed by atoms with van der Waals surface area (Å²) in [5.74, 6) is -0.460. The number of carbonyl (C=O) groups is 2. The van der Waals surface area contributed by atoms with Gasteiger partial charge in [0.25, 0.3) is 5.91 Å². The molecule has 7 nitrogen and oxygen atoms in total. The largest absolute Gasteiger partial charge is 0.339 e. The Kier molecular flexibility index (Phi) is 7.74. The van der Waals surface area contributed by atoms with E-state index in [9.17, 15) is 18.0 Å². The molecule has 0 atom stereocenters. The van der Waals surface area contributed by atoms with Crippen molar-refractivity contribution in [1.29, 1.82) is 0 Å². The zero-order valence-corrected chi connectivity index (χ0v) is 19.3. The third-order valence-corrected chi connectivity index (χ3v) is 7.75. The number of thioether (sulfide) groups is 1. The van der Waals surface area contributed by atoms with Gasteiger partial charge in [0, 0.05) is 36.3 Å². The van der Waals surface area contributed by atoms with E-state index in [0.717, 1.165) is 41.6 Å². The highest BCUT2D eigenvalue weighted by Gasteiger charge is 2.23. The van der Waals surface area contributed by atoms with Crippen LogP contribution in [0.3, 0.4) is 0 Å². The number of amides is 2. The number of hydrogen-bond acceptors (Lipinski definition) is 5. The molecule has 0 radical (unpaired) electrons. The van der Waals surface area contributed by atoms with Crippen molar-refractivity contribution in [1.82, 2.24) is 9.21 Å². The van der Waals surface area contributed by atoms with Crippen LogP contribution < -0.4 is 5.32 Å². The first-order valence-corrected chi connectivity index (χ1v) is 12.8. The zero-order chi connectivity index (χ0) is 22.4. The number of likely N-dealkylation sites (N-methyl/N-ethyl adjacent to an activating group) is 1. The Morgan fingerprint density at radius 1 is 1.00 bits per heavy atom. The Labute approximate surface area is 187 Å². The van der Waals surface area contributed by atoms with Crippen LogP contribution in [-0.4, -0.2) is 62.4 Å². The number of benzene rings is 2. The average molecular weight is 462 g/mol. The van der Waals surface area contributed by atoms with Crippen LogP contribution in [0, 0.1) is 0 Å². The number of piperidine rings is 1. The number of sulfonamides is 1. The van der Waals surface area contributed by atoms with Crippen molar-refractivity contribution in [2.24, 2.45) is 0 Å². The molecule has 1 N–H and O–H groups in total. The van der Waals surface area contributed by atoms with Gasteiger partial charge in [0.1, 0.15) is 0 Å². The number of rotatable bonds is 7. The number of nitrogens with one attached hydrogen (secondary N) is 1. The van der Waals surface area contributed by atoms with Crippen molar-refractivity contribution in [2.45, 2.75) is 29.1 Å². The quantitative estimate of drug-likeness (QED) is 0.640. The van der Waals surface area contributed by atoms with Gasteiger partial charge < -0.3 is 10.2 Å². The number of carbonyl (C=O) groups excluding carboxylic acids is 2. The third kappa shape index (κ3) is 5.87. The highest BCUT2D eigenvalue weighted by atomic mass is 32.2. The molecular weight excluding hydrogens is 434 g/mol. The second-order valence-electron chi connectivity index (χ2n) is 7.41. The molecule has 0 unspecified atom stereocenters. The summed E-state index contributed by atoms with van der Waals surface area (Å²) in [4.78, 5) is 27.8. The predicted molar refractivity (Wildman–Crippen MR) is 123 cm³/mol. The van der Waals surface area contributed by atoms with Crippen molar-refractivity contribution in [3.63, 3.8) is 0 Å². The highest BCUT2D eigenvalue weighted by molar-refractivity contribution is 7.98. The first-order valence-electron chi connectivity index (χ1n) is 10.1. The maximum absolute atomic E-state index is 12.7. The van der Waals surface area contributed by atoms with E-state index in [1.54, 1.807) is 36.4 Å². The van der Waals surface area contributed by atoms with Crippen molar-refractivity contribution in [3.05, 3.63) is 54.1 Å². The molecule has 0 saturated carbocycles. The Morgan fingerprint density at radius 3 is 2.19 bits per heavy atom. The molecule has 0 bridgehead atoms. The highest BCUT2D eigenvalue weighted by Crippen LogP contribution is 2.20. The average Bonchev–Trinajstić information content (AvgIpc) is 2.79. The summed E-state index contributed by atoms with van der Waals surface area (Å²) in [6.07, 6.45) is 5.12. The zero-order valence-electron chi connectivity index (χ0n) is 17.7. The normalized spacial score (nSPS) is 14.5. The molecule has 1 heterocycles. The third-order valence-electron chi connectivity index (χ3n) is 5.19. The molecule has 9 heteroatoms. The van der Waals surface area contributed by atoms with E-state index in [2.05, 4.69) is 5.32 Å². The van der Waals surface area contributed by atoms with Gasteiger partial charge in [-0.05, 0) is 74.0 Å². The molecule has 1 fully saturated rings. The van der Waals surface area contributed by atoms with Crippen molar-refractivity contribution < 1.29 is 18.0 Å². The van der Waals surface area contributed by atoms with Gasteiger partial charge in [-0.3, -0.25) is 9.59 Å². The molecule has 0 aromatic heterocycles. The van der Waals surface area contributed by atoms with Crippen LogP contribution in [0.4, 0.5) is 5.69 Å². The second kappa shape index (κ2) is 10.3. The van der Waals surface area contributed by atoms with Crippen molar-refractivity contribution in [2.75, 3.05) is 38.3 Å². The minimum absolute atomic E-state index is 0.00380. The molecule has 1 saturated heterocycles. The maximum atomic E-state index is 12.7. The number of anilines is 1. The molecule has 1 aliphatic heterocycles. The van der Waals surface area contributed by atoms with Crippen LogP contribution in [0.5, 0.6) is 0 Å². The summed E-state index contributed by atoms with van der Waals surface area (Å²) < 4.78 is 26.4. The van der Waals surface area contributed by atoms with Crippen LogP contribution in [0.2, 0.25) is 0 Å². The molecule has 166 valence electrons. The van der Waals surface area contributed by atoms with E-state index >= 15 is 0 Å². The Bertz CT molecular complexity index is 1020. The van der Waals surface area contributed by atoms with Crippen LogP contribution in [0.15, 0.2) is 58.3 Å². The van der Waals surface area contributed by atoms with Crippen LogP contribution >= 0.6 is 11.8 Å². The fourth-order valence-corrected chi connectivity index (χ4v) is 4.93. The minimum Gasteiger partial charge on any atom is -0.339 e. The van der Waals surface area contributed by atoms with Gasteiger partial charge in [-0.2, -0.15) is 4.31 Å². The Morgan fingerprint density at radius 2 is 1.61 bits per heavy atom. The van der Waals surface area contributed by atoms with E-state index in [1.807, 2.05) is 11.2 Å². The monoisotopic (exact) mass is 461 g/mol. The lowest BCUT2D eigenvalue weighted by atomic mass is 10.1. The summed E-state index contributed by atoms with van der Waals surface area (Å²) in [6, 6.07) is 13.2. The first-order chi connectivity index (χ1) is 14.8. The maximum Gasteiger partial charge on any atom is 0.253 e. The number of hydrogen-bond donors (Lipinski definition) is 1. The fraction of sp³-hybridized carbons (Fsp3) is 0.364. The summed E-state index contributed by atoms with van der Waals surface area (Å²) in [5, 5.41) is 2.69. The lowest BCUT2D eigenvalue weighted by Gasteiger charge is -2.26. The van der Waals surface area contributed by atoms with Crippen LogP contribution in [0.25, 0.3) is 0 Å². The van der Waals surface area contributed by atoms with Crippen molar-refractivity contribution in [3.8, 4) is 0 Å². The number of likely N-dealkylation sites (tertiary alicyclic amines) is 1. The molecular formula is C22H27N3O4S2. The Balaban J connectivity index is 1.58. The molecule has 0 aliphatic carbocycles. The van der Waals surface area contributed by atoms with Gasteiger partial charge in [0.05, 0.1) is 11.4 Å². The summed E-state index contributed by atoms with van der Waals surface area (Å²) in [5.41, 5.74) is 1.09. The van der Waals surface area contributed by atoms with E-state index < -0.39 is 15.9 Å². The molecule has 2 aromatic carbocycles. The standard InChI is InChI=1S/C22H27N3O4S2/c1-24(31(28,29)20-12-10-19(30-2)11-13-20)16-21(26)23-18-8-6-17(7-9-18)22(27)25-14-4-3-5-15-25/h6-13H,3-5,14-16H2,1-2H3,(H,23,26). The summed E-state index contributed by atoms with van der Waals surface area (Å²) >= 11 is 1.52. The topological polar surface area (TPSA) is 86.8 Å². The van der Waals surface area contributed by atoms with Crippen LogP contribution in [0.1, 0.15) is 29.6 Å². The predicted octanol–water partition coefficient (Wildman–Crippen LogP) is 3.29. The van der Waals surface area contributed by atoms with E-state index in [0.29, 0.717) is 11.3 Å². The van der Waals surface area contributed by atoms with Gasteiger partial charge in [-0.15, -0.1) is 11.8 Å². The van der Waals surface area contributed by atoms with Gasteiger partial charge >= 0.3 is 0 Å². The second-order valence-corrected chi connectivity index (χ2v) is 10.3. The lowest BCUT2D eigenvalue weighted by molar-refractivity contribution is -0.116. The summed E-state index contributed by atoms with van der Waals surface area (Å²) in [7, 11) is -2.40. The Hall–Kier alpha value is -2.36. The van der Waals surface area contributed by atoms with Gasteiger partial charge in [0.15, 0.2) is 0 Å². The smallest absolute Gasteiger partial charge is 0.253 e. The summed E-state index contributed by atoms with van der Waals surface area (Å²) in [6.45, 7) is 1.23. The molecule has 2 amide bonds. The minimum atomic E-state index is -3.77. The van der Waals surface area contributed by atoms with Gasteiger partial charge in [0.2, 0.25) is 15.9 Å². The van der Waals surface area contributed by atoms with Gasteiger partial charge in [-0.25, -0.2) is 8.42 Å². The SMILES string of the molecule is CSc1ccc(S(=O)(=O)N(C)CC(=O)Nc2ccc(C(=O)N3CCCCC3)cc2)cc1. The fourth-order valence-electron chi connectivity index (χ4n) is 3.39. The van der Waals surface area contributed by atoms with Gasteiger partial charge in [-0.1, -0.05) is 0 Å². The van der Waals surface area contributed by atoms with E-state index in [-0.39, 0.29) is 17.3 Å². The molecule has 31 heavy (non-hydrogen) atoms.